The van der Waals surface area contributed by atoms with Gasteiger partial charge in [0, 0.05) is 19.6 Å². The van der Waals surface area contributed by atoms with Gasteiger partial charge in [-0.2, -0.15) is 5.10 Å². The molecular formula is C24H32ClN5O2. The molecule has 0 bridgehead atoms. The van der Waals surface area contributed by atoms with Gasteiger partial charge in [-0.3, -0.25) is 4.90 Å². The molecule has 172 valence electrons. The van der Waals surface area contributed by atoms with E-state index in [1.807, 2.05) is 42.5 Å². The Kier molecular flexibility index (Phi) is 9.34. The molecule has 1 N–H and O–H groups in total. The first-order valence-corrected chi connectivity index (χ1v) is 11.1. The number of halogens is 1. The lowest BCUT2D eigenvalue weighted by Gasteiger charge is -2.26. The van der Waals surface area contributed by atoms with E-state index in [1.165, 1.54) is 42.6 Å². The number of likely N-dealkylation sites (tertiary alicyclic amines) is 1. The maximum Gasteiger partial charge on any atom is 0.350 e. The molecule has 0 unspecified atom stereocenters. The van der Waals surface area contributed by atoms with Crippen molar-refractivity contribution in [2.24, 2.45) is 0 Å². The zero-order valence-corrected chi connectivity index (χ0v) is 19.2. The van der Waals surface area contributed by atoms with E-state index in [4.69, 9.17) is 4.74 Å². The standard InChI is InChI=1S/C24H31N5O2.ClH/c30-24-28(22-11-9-21(10-12-22)19-27-15-5-2-6-16-27)20-26-29(24)17-13-25-14-18-31-23-7-3-1-4-8-23;/h1,3-4,7-12,20,25H,2,5-6,13-19H2;1H. The number of hydrogen-bond donors (Lipinski definition) is 1. The van der Waals surface area contributed by atoms with E-state index in [1.54, 1.807) is 10.9 Å². The van der Waals surface area contributed by atoms with Crippen LogP contribution < -0.4 is 15.7 Å². The number of aromatic nitrogens is 3. The molecule has 1 aliphatic rings. The third-order valence-electron chi connectivity index (χ3n) is 5.59. The lowest BCUT2D eigenvalue weighted by Crippen LogP contribution is -2.30. The summed E-state index contributed by atoms with van der Waals surface area (Å²) in [7, 11) is 0. The van der Waals surface area contributed by atoms with Gasteiger partial charge >= 0.3 is 5.69 Å². The van der Waals surface area contributed by atoms with Crippen LogP contribution in [0.3, 0.4) is 0 Å². The summed E-state index contributed by atoms with van der Waals surface area (Å²) in [6.07, 6.45) is 5.53. The van der Waals surface area contributed by atoms with Gasteiger partial charge in [-0.25, -0.2) is 14.0 Å². The number of para-hydroxylation sites is 1. The number of nitrogens with zero attached hydrogens (tertiary/aromatic N) is 4. The lowest BCUT2D eigenvalue weighted by molar-refractivity contribution is 0.221. The molecule has 1 aliphatic heterocycles. The number of ether oxygens (including phenoxy) is 1. The first-order chi connectivity index (χ1) is 15.3. The van der Waals surface area contributed by atoms with Crippen molar-refractivity contribution < 1.29 is 4.74 Å². The van der Waals surface area contributed by atoms with Crippen LogP contribution in [0, 0.1) is 0 Å². The largest absolute Gasteiger partial charge is 0.492 e. The zero-order valence-electron chi connectivity index (χ0n) is 18.4. The minimum absolute atomic E-state index is 0. The Balaban J connectivity index is 0.00000289. The molecule has 0 atom stereocenters. The van der Waals surface area contributed by atoms with Crippen molar-refractivity contribution in [3.8, 4) is 11.4 Å². The monoisotopic (exact) mass is 457 g/mol. The molecule has 0 radical (unpaired) electrons. The lowest BCUT2D eigenvalue weighted by atomic mass is 10.1. The molecule has 4 rings (SSSR count). The highest BCUT2D eigenvalue weighted by atomic mass is 35.5. The molecule has 32 heavy (non-hydrogen) atoms. The number of piperidine rings is 1. The fraction of sp³-hybridized carbons (Fsp3) is 0.417. The molecule has 8 heteroatoms. The highest BCUT2D eigenvalue weighted by molar-refractivity contribution is 5.85. The van der Waals surface area contributed by atoms with Crippen molar-refractivity contribution in [2.75, 3.05) is 32.8 Å². The van der Waals surface area contributed by atoms with E-state index in [9.17, 15) is 4.79 Å². The first-order valence-electron chi connectivity index (χ1n) is 11.1. The second-order valence-electron chi connectivity index (χ2n) is 7.92. The van der Waals surface area contributed by atoms with Gasteiger partial charge in [0.05, 0.1) is 12.2 Å². The van der Waals surface area contributed by atoms with Crippen molar-refractivity contribution in [1.82, 2.24) is 24.6 Å². The molecule has 3 aromatic rings. The Labute approximate surface area is 195 Å². The van der Waals surface area contributed by atoms with E-state index >= 15 is 0 Å². The smallest absolute Gasteiger partial charge is 0.350 e. The van der Waals surface area contributed by atoms with Crippen molar-refractivity contribution >= 4 is 12.4 Å². The number of benzene rings is 2. The van der Waals surface area contributed by atoms with Gasteiger partial charge in [0.1, 0.15) is 18.7 Å². The summed E-state index contributed by atoms with van der Waals surface area (Å²) < 4.78 is 8.74. The highest BCUT2D eigenvalue weighted by Gasteiger charge is 2.11. The Morgan fingerprint density at radius 1 is 0.938 bits per heavy atom. The fourth-order valence-electron chi connectivity index (χ4n) is 3.87. The van der Waals surface area contributed by atoms with Crippen LogP contribution in [0.2, 0.25) is 0 Å². The van der Waals surface area contributed by atoms with E-state index < -0.39 is 0 Å². The van der Waals surface area contributed by atoms with E-state index in [0.29, 0.717) is 26.2 Å². The number of nitrogens with one attached hydrogen (secondary N) is 1. The summed E-state index contributed by atoms with van der Waals surface area (Å²) in [5, 5.41) is 7.55. The molecule has 2 aromatic carbocycles. The number of hydrogen-bond acceptors (Lipinski definition) is 5. The average molecular weight is 458 g/mol. The van der Waals surface area contributed by atoms with E-state index in [0.717, 1.165) is 18.0 Å². The van der Waals surface area contributed by atoms with Crippen molar-refractivity contribution in [2.45, 2.75) is 32.4 Å². The van der Waals surface area contributed by atoms with Crippen LogP contribution >= 0.6 is 12.4 Å². The van der Waals surface area contributed by atoms with Gasteiger partial charge in [-0.15, -0.1) is 12.4 Å². The second kappa shape index (κ2) is 12.4. The Hall–Kier alpha value is -2.61. The third-order valence-corrected chi connectivity index (χ3v) is 5.59. The molecule has 0 amide bonds. The normalized spacial score (nSPS) is 14.1. The maximum absolute atomic E-state index is 12.7. The van der Waals surface area contributed by atoms with E-state index in [2.05, 4.69) is 27.4 Å². The first kappa shape index (κ1) is 24.0. The van der Waals surface area contributed by atoms with Crippen LogP contribution in [-0.4, -0.2) is 52.0 Å². The van der Waals surface area contributed by atoms with Gasteiger partial charge < -0.3 is 10.1 Å². The molecule has 7 nitrogen and oxygen atoms in total. The summed E-state index contributed by atoms with van der Waals surface area (Å²) in [4.78, 5) is 15.2. The minimum Gasteiger partial charge on any atom is -0.492 e. The molecular weight excluding hydrogens is 426 g/mol. The van der Waals surface area contributed by atoms with Crippen LogP contribution in [0.1, 0.15) is 24.8 Å². The molecule has 0 saturated carbocycles. The molecule has 1 fully saturated rings. The summed E-state index contributed by atoms with van der Waals surface area (Å²) in [5.41, 5.74) is 2.02. The van der Waals surface area contributed by atoms with Gasteiger partial charge in [-0.05, 0) is 55.8 Å². The molecule has 2 heterocycles. The molecule has 0 spiro atoms. The Morgan fingerprint density at radius 3 is 2.44 bits per heavy atom. The summed E-state index contributed by atoms with van der Waals surface area (Å²) in [6.45, 7) is 5.81. The Bertz CT molecular complexity index is 982. The van der Waals surface area contributed by atoms with Gasteiger partial charge in [-0.1, -0.05) is 36.8 Å². The molecule has 1 aromatic heterocycles. The maximum atomic E-state index is 12.7. The van der Waals surface area contributed by atoms with Crippen molar-refractivity contribution in [1.29, 1.82) is 0 Å². The molecule has 0 aliphatic carbocycles. The topological polar surface area (TPSA) is 64.3 Å². The van der Waals surface area contributed by atoms with Crippen LogP contribution in [0.5, 0.6) is 5.75 Å². The summed E-state index contributed by atoms with van der Waals surface area (Å²) in [5.74, 6) is 0.862. The van der Waals surface area contributed by atoms with Crippen molar-refractivity contribution in [3.05, 3.63) is 77.0 Å². The fourth-order valence-corrected chi connectivity index (χ4v) is 3.87. The van der Waals surface area contributed by atoms with Crippen LogP contribution in [-0.2, 0) is 13.1 Å². The summed E-state index contributed by atoms with van der Waals surface area (Å²) >= 11 is 0. The predicted octanol–water partition coefficient (Wildman–Crippen LogP) is 3.11. The third kappa shape index (κ3) is 6.69. The van der Waals surface area contributed by atoms with Crippen LogP contribution in [0.4, 0.5) is 0 Å². The number of rotatable bonds is 10. The van der Waals surface area contributed by atoms with Crippen LogP contribution in [0.25, 0.3) is 5.69 Å². The quantitative estimate of drug-likeness (QED) is 0.474. The van der Waals surface area contributed by atoms with Crippen LogP contribution in [0.15, 0.2) is 65.7 Å². The zero-order chi connectivity index (χ0) is 21.3. The van der Waals surface area contributed by atoms with Gasteiger partial charge in [0.25, 0.3) is 0 Å². The highest BCUT2D eigenvalue weighted by Crippen LogP contribution is 2.14. The Morgan fingerprint density at radius 2 is 1.69 bits per heavy atom. The SMILES string of the molecule is Cl.O=c1n(-c2ccc(CN3CCCCC3)cc2)cnn1CCNCCOc1ccccc1. The average Bonchev–Trinajstić information content (AvgIpc) is 3.18. The van der Waals surface area contributed by atoms with Gasteiger partial charge in [0.15, 0.2) is 0 Å². The van der Waals surface area contributed by atoms with Crippen molar-refractivity contribution in [3.63, 3.8) is 0 Å². The predicted molar refractivity (Wildman–Crippen MR) is 129 cm³/mol. The summed E-state index contributed by atoms with van der Waals surface area (Å²) in [6, 6.07) is 18.0. The molecule has 1 saturated heterocycles. The minimum atomic E-state index is -0.119. The second-order valence-corrected chi connectivity index (χ2v) is 7.92. The van der Waals surface area contributed by atoms with Gasteiger partial charge in [0.2, 0.25) is 0 Å². The van der Waals surface area contributed by atoms with E-state index in [-0.39, 0.29) is 18.1 Å².